The number of hydrogen-bond donors (Lipinski definition) is 1. The van der Waals surface area contributed by atoms with Crippen molar-refractivity contribution in [3.05, 3.63) is 39.2 Å². The fraction of sp³-hybridized carbons (Fsp3) is 0.200. The lowest BCUT2D eigenvalue weighted by Crippen LogP contribution is -2.07. The summed E-state index contributed by atoms with van der Waals surface area (Å²) >= 11 is 2.27. The highest BCUT2D eigenvalue weighted by Gasteiger charge is 2.11. The summed E-state index contributed by atoms with van der Waals surface area (Å²) < 4.78 is 6.65. The SMILES string of the molecule is OCC1=CCc2cc(I)ccc2O1. The molecular formula is C10H9IO2. The molecule has 0 fully saturated rings. The predicted molar refractivity (Wildman–Crippen MR) is 58.7 cm³/mol. The first-order chi connectivity index (χ1) is 6.29. The number of ether oxygens (including phenoxy) is 1. The third-order valence-electron chi connectivity index (χ3n) is 1.97. The zero-order valence-electron chi connectivity index (χ0n) is 6.96. The molecular weight excluding hydrogens is 279 g/mol. The molecule has 1 aliphatic heterocycles. The maximum atomic E-state index is 8.88. The number of aliphatic hydroxyl groups is 1. The van der Waals surface area contributed by atoms with E-state index in [0.29, 0.717) is 5.76 Å². The molecule has 0 unspecified atom stereocenters. The van der Waals surface area contributed by atoms with Gasteiger partial charge in [-0.05, 0) is 58.9 Å². The van der Waals surface area contributed by atoms with E-state index in [4.69, 9.17) is 9.84 Å². The van der Waals surface area contributed by atoms with E-state index in [1.807, 2.05) is 18.2 Å². The Balaban J connectivity index is 2.33. The molecule has 2 rings (SSSR count). The largest absolute Gasteiger partial charge is 0.459 e. The standard InChI is InChI=1S/C10H9IO2/c11-8-2-4-10-7(5-8)1-3-9(6-12)13-10/h2-5,12H,1,6H2. The highest BCUT2D eigenvalue weighted by molar-refractivity contribution is 14.1. The smallest absolute Gasteiger partial charge is 0.130 e. The summed E-state index contributed by atoms with van der Waals surface area (Å²) in [5.74, 6) is 1.51. The van der Waals surface area contributed by atoms with Gasteiger partial charge in [-0.3, -0.25) is 0 Å². The zero-order chi connectivity index (χ0) is 9.26. The van der Waals surface area contributed by atoms with Crippen LogP contribution in [0.1, 0.15) is 5.56 Å². The van der Waals surface area contributed by atoms with Crippen LogP contribution in [0.5, 0.6) is 5.75 Å². The lowest BCUT2D eigenvalue weighted by Gasteiger charge is -2.16. The van der Waals surface area contributed by atoms with Gasteiger partial charge in [0.1, 0.15) is 18.1 Å². The second-order valence-corrected chi connectivity index (χ2v) is 4.13. The molecule has 0 radical (unpaired) electrons. The van der Waals surface area contributed by atoms with Crippen molar-refractivity contribution in [1.29, 1.82) is 0 Å². The molecule has 0 amide bonds. The van der Waals surface area contributed by atoms with Crippen LogP contribution >= 0.6 is 22.6 Å². The first-order valence-electron chi connectivity index (χ1n) is 4.06. The Bertz CT molecular complexity index is 358. The van der Waals surface area contributed by atoms with Crippen LogP contribution in [0, 0.1) is 3.57 Å². The molecule has 1 heterocycles. The summed E-state index contributed by atoms with van der Waals surface area (Å²) in [6.45, 7) is -0.0224. The minimum Gasteiger partial charge on any atom is -0.459 e. The third kappa shape index (κ3) is 1.86. The fourth-order valence-electron chi connectivity index (χ4n) is 1.31. The summed E-state index contributed by atoms with van der Waals surface area (Å²) in [5, 5.41) is 8.88. The first-order valence-corrected chi connectivity index (χ1v) is 5.13. The van der Waals surface area contributed by atoms with Gasteiger partial charge >= 0.3 is 0 Å². The predicted octanol–water partition coefficient (Wildman–Crippen LogP) is 2.10. The number of benzene rings is 1. The Morgan fingerprint density at radius 2 is 2.31 bits per heavy atom. The van der Waals surface area contributed by atoms with E-state index in [1.165, 1.54) is 9.13 Å². The Labute approximate surface area is 90.4 Å². The Morgan fingerprint density at radius 3 is 3.08 bits per heavy atom. The van der Waals surface area contributed by atoms with Gasteiger partial charge in [0.25, 0.3) is 0 Å². The van der Waals surface area contributed by atoms with Crippen molar-refractivity contribution in [2.24, 2.45) is 0 Å². The summed E-state index contributed by atoms with van der Waals surface area (Å²) in [6.07, 6.45) is 2.76. The van der Waals surface area contributed by atoms with E-state index < -0.39 is 0 Å². The number of hydrogen-bond acceptors (Lipinski definition) is 2. The molecule has 1 aliphatic rings. The molecule has 0 spiro atoms. The van der Waals surface area contributed by atoms with Crippen molar-refractivity contribution in [1.82, 2.24) is 0 Å². The van der Waals surface area contributed by atoms with Gasteiger partial charge in [-0.15, -0.1) is 0 Å². The molecule has 2 nitrogen and oxygen atoms in total. The highest BCUT2D eigenvalue weighted by atomic mass is 127. The summed E-state index contributed by atoms with van der Waals surface area (Å²) in [4.78, 5) is 0. The number of rotatable bonds is 1. The zero-order valence-corrected chi connectivity index (χ0v) is 9.11. The van der Waals surface area contributed by atoms with Crippen molar-refractivity contribution in [2.45, 2.75) is 6.42 Å². The van der Waals surface area contributed by atoms with Crippen LogP contribution in [0.3, 0.4) is 0 Å². The molecule has 0 aromatic heterocycles. The van der Waals surface area contributed by atoms with Crippen LogP contribution in [0.4, 0.5) is 0 Å². The van der Waals surface area contributed by atoms with Gasteiger partial charge in [-0.2, -0.15) is 0 Å². The maximum Gasteiger partial charge on any atom is 0.130 e. The van der Waals surface area contributed by atoms with Crippen LogP contribution in [0.15, 0.2) is 30.0 Å². The molecule has 0 aliphatic carbocycles. The van der Waals surface area contributed by atoms with E-state index in [2.05, 4.69) is 28.7 Å². The van der Waals surface area contributed by atoms with E-state index in [0.717, 1.165) is 12.2 Å². The van der Waals surface area contributed by atoms with Gasteiger partial charge in [-0.1, -0.05) is 0 Å². The van der Waals surface area contributed by atoms with Gasteiger partial charge in [0.15, 0.2) is 0 Å². The summed E-state index contributed by atoms with van der Waals surface area (Å²) in [6, 6.07) is 6.04. The Morgan fingerprint density at radius 1 is 1.46 bits per heavy atom. The molecule has 68 valence electrons. The molecule has 1 aromatic rings. The minimum atomic E-state index is -0.0224. The second-order valence-electron chi connectivity index (χ2n) is 2.89. The Hall–Kier alpha value is -0.550. The topological polar surface area (TPSA) is 29.5 Å². The van der Waals surface area contributed by atoms with Gasteiger partial charge in [-0.25, -0.2) is 0 Å². The third-order valence-corrected chi connectivity index (χ3v) is 2.64. The van der Waals surface area contributed by atoms with Gasteiger partial charge < -0.3 is 9.84 Å². The van der Waals surface area contributed by atoms with Crippen molar-refractivity contribution < 1.29 is 9.84 Å². The highest BCUT2D eigenvalue weighted by Crippen LogP contribution is 2.27. The van der Waals surface area contributed by atoms with E-state index in [-0.39, 0.29) is 6.61 Å². The van der Waals surface area contributed by atoms with Crippen LogP contribution in [-0.4, -0.2) is 11.7 Å². The summed E-state index contributed by atoms with van der Waals surface area (Å²) in [7, 11) is 0. The molecule has 13 heavy (non-hydrogen) atoms. The van der Waals surface area contributed by atoms with E-state index in [9.17, 15) is 0 Å². The normalized spacial score (nSPS) is 14.5. The van der Waals surface area contributed by atoms with Crippen LogP contribution in [-0.2, 0) is 6.42 Å². The van der Waals surface area contributed by atoms with Gasteiger partial charge in [0.05, 0.1) is 0 Å². The molecule has 1 aromatic carbocycles. The molecule has 0 atom stereocenters. The monoisotopic (exact) mass is 288 g/mol. The van der Waals surface area contributed by atoms with Gasteiger partial charge in [0.2, 0.25) is 0 Å². The van der Waals surface area contributed by atoms with Crippen LogP contribution in [0.25, 0.3) is 0 Å². The quantitative estimate of drug-likeness (QED) is 0.802. The average molecular weight is 288 g/mol. The van der Waals surface area contributed by atoms with Crippen molar-refractivity contribution >= 4 is 22.6 Å². The van der Waals surface area contributed by atoms with Gasteiger partial charge in [0, 0.05) is 3.57 Å². The lowest BCUT2D eigenvalue weighted by molar-refractivity contribution is 0.258. The van der Waals surface area contributed by atoms with Crippen molar-refractivity contribution in [3.8, 4) is 5.75 Å². The molecule has 1 N–H and O–H groups in total. The van der Waals surface area contributed by atoms with Crippen LogP contribution in [0.2, 0.25) is 0 Å². The van der Waals surface area contributed by atoms with E-state index in [1.54, 1.807) is 0 Å². The number of halogens is 1. The van der Waals surface area contributed by atoms with Crippen molar-refractivity contribution in [3.63, 3.8) is 0 Å². The number of fused-ring (bicyclic) bond motifs is 1. The van der Waals surface area contributed by atoms with Crippen LogP contribution < -0.4 is 4.74 Å². The fourth-order valence-corrected chi connectivity index (χ4v) is 1.87. The average Bonchev–Trinajstić information content (AvgIpc) is 2.17. The molecule has 0 saturated heterocycles. The maximum absolute atomic E-state index is 8.88. The molecule has 0 bridgehead atoms. The lowest BCUT2D eigenvalue weighted by atomic mass is 10.1. The molecule has 3 heteroatoms. The summed E-state index contributed by atoms with van der Waals surface area (Å²) in [5.41, 5.74) is 1.18. The first kappa shape index (κ1) is 9.02. The Kier molecular flexibility index (Phi) is 2.55. The second kappa shape index (κ2) is 3.67. The minimum absolute atomic E-state index is 0.0224. The number of allylic oxidation sites excluding steroid dienone is 1. The number of aliphatic hydroxyl groups excluding tert-OH is 1. The van der Waals surface area contributed by atoms with Crippen molar-refractivity contribution in [2.75, 3.05) is 6.61 Å². The van der Waals surface area contributed by atoms with E-state index >= 15 is 0 Å². The molecule has 0 saturated carbocycles.